The van der Waals surface area contributed by atoms with Crippen LogP contribution >= 0.6 is 11.6 Å². The maximum Gasteiger partial charge on any atom is 0.142 e. The molecule has 1 saturated heterocycles. The second-order valence-electron chi connectivity index (χ2n) is 9.15. The monoisotopic (exact) mass is 453 g/mol. The Morgan fingerprint density at radius 3 is 2.72 bits per heavy atom. The van der Waals surface area contributed by atoms with Crippen molar-refractivity contribution in [1.82, 2.24) is 15.8 Å². The van der Waals surface area contributed by atoms with E-state index in [2.05, 4.69) is 45.3 Å². The molecule has 7 heteroatoms. The minimum atomic E-state index is -0.156. The van der Waals surface area contributed by atoms with Gasteiger partial charge in [0.25, 0.3) is 0 Å². The van der Waals surface area contributed by atoms with Crippen molar-refractivity contribution in [3.63, 3.8) is 0 Å². The number of aliphatic imine (C=N–C) groups is 1. The highest BCUT2D eigenvalue weighted by Gasteiger charge is 2.42. The van der Waals surface area contributed by atoms with Crippen LogP contribution in [0.2, 0.25) is 5.02 Å². The first-order valence-corrected chi connectivity index (χ1v) is 12.1. The number of hydrogen-bond donors (Lipinski definition) is 3. The molecule has 1 spiro atoms. The molecule has 0 bridgehead atoms. The summed E-state index contributed by atoms with van der Waals surface area (Å²) in [6, 6.07) is 16.3. The molecule has 0 unspecified atom stereocenters. The summed E-state index contributed by atoms with van der Waals surface area (Å²) >= 11 is 6.14. The first kappa shape index (κ1) is 21.7. The molecule has 1 saturated carbocycles. The number of nitrogens with zero attached hydrogens (tertiary/aromatic N) is 2. The summed E-state index contributed by atoms with van der Waals surface area (Å²) in [5, 5.41) is 4.61. The number of rotatable bonds is 5. The lowest BCUT2D eigenvalue weighted by Gasteiger charge is -2.45. The van der Waals surface area contributed by atoms with E-state index >= 15 is 0 Å². The van der Waals surface area contributed by atoms with Crippen LogP contribution in [0.1, 0.15) is 31.2 Å². The van der Waals surface area contributed by atoms with Gasteiger partial charge >= 0.3 is 0 Å². The fraction of sp³-hybridized carbons (Fsp3) is 0.480. The fourth-order valence-electron chi connectivity index (χ4n) is 5.11. The van der Waals surface area contributed by atoms with Gasteiger partial charge in [-0.2, -0.15) is 0 Å². The standard InChI is InChI=1S/C25H32ClN5O/c26-21-5-3-4-20(16-21)17-27-30-24-25(29-23-7-2-1-6-22(23)28-24)10-8-19(9-11-25)18-31-12-14-32-15-13-31/h1-7,16,19,27,29H,8-15,17-18H2,(H,28,30). The van der Waals surface area contributed by atoms with E-state index in [-0.39, 0.29) is 5.54 Å². The number of anilines is 1. The smallest absolute Gasteiger partial charge is 0.142 e. The van der Waals surface area contributed by atoms with Gasteiger partial charge in [-0.1, -0.05) is 35.9 Å². The minimum absolute atomic E-state index is 0.156. The first-order valence-electron chi connectivity index (χ1n) is 11.7. The third kappa shape index (κ3) is 4.94. The molecular weight excluding hydrogens is 422 g/mol. The Morgan fingerprint density at radius 1 is 1.09 bits per heavy atom. The predicted molar refractivity (Wildman–Crippen MR) is 131 cm³/mol. The van der Waals surface area contributed by atoms with E-state index in [1.165, 1.54) is 19.4 Å². The fourth-order valence-corrected chi connectivity index (χ4v) is 5.32. The van der Waals surface area contributed by atoms with E-state index in [0.717, 1.165) is 72.9 Å². The van der Waals surface area contributed by atoms with Crippen LogP contribution in [0.3, 0.4) is 0 Å². The van der Waals surface area contributed by atoms with E-state index in [1.54, 1.807) is 0 Å². The molecule has 0 amide bonds. The van der Waals surface area contributed by atoms with E-state index < -0.39 is 0 Å². The summed E-state index contributed by atoms with van der Waals surface area (Å²) in [5.41, 5.74) is 9.92. The topological polar surface area (TPSA) is 60.9 Å². The first-order chi connectivity index (χ1) is 15.7. The Bertz CT molecular complexity index is 951. The summed E-state index contributed by atoms with van der Waals surface area (Å²) in [7, 11) is 0. The Labute approximate surface area is 195 Å². The SMILES string of the molecule is Clc1cccc(CNNC2=Nc3ccccc3NC23CCC(CN2CCOCC2)CC3)c1. The molecule has 2 fully saturated rings. The summed E-state index contributed by atoms with van der Waals surface area (Å²) < 4.78 is 5.51. The highest BCUT2D eigenvalue weighted by atomic mass is 35.5. The molecule has 6 nitrogen and oxygen atoms in total. The zero-order chi connectivity index (χ0) is 21.8. The molecule has 5 rings (SSSR count). The summed E-state index contributed by atoms with van der Waals surface area (Å²) in [6.45, 7) is 5.73. The molecule has 3 N–H and O–H groups in total. The number of fused-ring (bicyclic) bond motifs is 1. The van der Waals surface area contributed by atoms with Gasteiger partial charge in [0.05, 0.1) is 30.1 Å². The normalized spacial score (nSPS) is 25.7. The predicted octanol–water partition coefficient (Wildman–Crippen LogP) is 4.35. The zero-order valence-corrected chi connectivity index (χ0v) is 19.2. The van der Waals surface area contributed by atoms with E-state index in [4.69, 9.17) is 21.3 Å². The number of hydrazine groups is 1. The molecule has 2 aromatic rings. The molecule has 2 aliphatic heterocycles. The molecule has 1 aliphatic carbocycles. The van der Waals surface area contributed by atoms with Gasteiger partial charge in [-0.25, -0.2) is 10.4 Å². The molecule has 32 heavy (non-hydrogen) atoms. The number of hydrogen-bond acceptors (Lipinski definition) is 6. The third-order valence-corrected chi connectivity index (χ3v) is 7.17. The molecule has 0 aromatic heterocycles. The minimum Gasteiger partial charge on any atom is -0.379 e. The van der Waals surface area contributed by atoms with Crippen LogP contribution in [-0.2, 0) is 11.3 Å². The number of morpholine rings is 1. The molecule has 0 radical (unpaired) electrons. The quantitative estimate of drug-likeness (QED) is 0.587. The van der Waals surface area contributed by atoms with Crippen molar-refractivity contribution in [2.24, 2.45) is 10.9 Å². The average Bonchev–Trinajstić information content (AvgIpc) is 2.82. The van der Waals surface area contributed by atoms with Gasteiger partial charge < -0.3 is 15.5 Å². The lowest BCUT2D eigenvalue weighted by atomic mass is 9.74. The van der Waals surface area contributed by atoms with Crippen molar-refractivity contribution in [3.8, 4) is 0 Å². The number of benzene rings is 2. The van der Waals surface area contributed by atoms with Crippen LogP contribution < -0.4 is 16.2 Å². The van der Waals surface area contributed by atoms with Crippen LogP contribution in [0, 0.1) is 5.92 Å². The van der Waals surface area contributed by atoms with Gasteiger partial charge in [-0.15, -0.1) is 0 Å². The highest BCUT2D eigenvalue weighted by Crippen LogP contribution is 2.41. The van der Waals surface area contributed by atoms with Gasteiger partial charge in [0.15, 0.2) is 0 Å². The van der Waals surface area contributed by atoms with Crippen LogP contribution in [0.15, 0.2) is 53.5 Å². The Hall–Kier alpha value is -2.12. The van der Waals surface area contributed by atoms with Gasteiger partial charge in [0.1, 0.15) is 5.84 Å². The van der Waals surface area contributed by atoms with Crippen LogP contribution in [0.25, 0.3) is 0 Å². The Balaban J connectivity index is 1.27. The number of ether oxygens (including phenoxy) is 1. The molecule has 170 valence electrons. The number of halogens is 1. The van der Waals surface area contributed by atoms with E-state index in [9.17, 15) is 0 Å². The van der Waals surface area contributed by atoms with Gasteiger partial charge in [-0.05, 0) is 61.4 Å². The van der Waals surface area contributed by atoms with Crippen molar-refractivity contribution < 1.29 is 4.74 Å². The Kier molecular flexibility index (Phi) is 6.64. The zero-order valence-electron chi connectivity index (χ0n) is 18.4. The summed E-state index contributed by atoms with van der Waals surface area (Å²) in [6.07, 6.45) is 4.53. The molecule has 0 atom stereocenters. The van der Waals surface area contributed by atoms with Crippen LogP contribution in [-0.4, -0.2) is 49.1 Å². The van der Waals surface area contributed by atoms with Gasteiger partial charge in [0, 0.05) is 31.2 Å². The third-order valence-electron chi connectivity index (χ3n) is 6.93. The van der Waals surface area contributed by atoms with Crippen molar-refractivity contribution in [3.05, 3.63) is 59.1 Å². The average molecular weight is 454 g/mol. The maximum absolute atomic E-state index is 6.14. The number of nitrogens with one attached hydrogen (secondary N) is 3. The maximum atomic E-state index is 6.14. The second kappa shape index (κ2) is 9.79. The lowest BCUT2D eigenvalue weighted by molar-refractivity contribution is 0.0270. The molecule has 2 heterocycles. The second-order valence-corrected chi connectivity index (χ2v) is 9.59. The summed E-state index contributed by atoms with van der Waals surface area (Å²) in [5.74, 6) is 1.72. The molecule has 3 aliphatic rings. The number of para-hydroxylation sites is 2. The van der Waals surface area contributed by atoms with E-state index in [1.807, 2.05) is 24.3 Å². The molecular formula is C25H32ClN5O. The van der Waals surface area contributed by atoms with Gasteiger partial charge in [0.2, 0.25) is 0 Å². The van der Waals surface area contributed by atoms with Crippen LogP contribution in [0.4, 0.5) is 11.4 Å². The lowest BCUT2D eigenvalue weighted by Crippen LogP contribution is -2.58. The van der Waals surface area contributed by atoms with Crippen molar-refractivity contribution in [1.29, 1.82) is 0 Å². The van der Waals surface area contributed by atoms with Crippen molar-refractivity contribution in [2.45, 2.75) is 37.8 Å². The van der Waals surface area contributed by atoms with Crippen LogP contribution in [0.5, 0.6) is 0 Å². The summed E-state index contributed by atoms with van der Waals surface area (Å²) in [4.78, 5) is 7.60. The highest BCUT2D eigenvalue weighted by molar-refractivity contribution is 6.30. The van der Waals surface area contributed by atoms with Crippen molar-refractivity contribution in [2.75, 3.05) is 38.2 Å². The molecule has 2 aromatic carbocycles. The number of amidine groups is 1. The van der Waals surface area contributed by atoms with Gasteiger partial charge in [-0.3, -0.25) is 4.90 Å². The van der Waals surface area contributed by atoms with E-state index in [0.29, 0.717) is 6.54 Å². The van der Waals surface area contributed by atoms with Crippen molar-refractivity contribution >= 4 is 28.8 Å². The Morgan fingerprint density at radius 2 is 1.91 bits per heavy atom. The largest absolute Gasteiger partial charge is 0.379 e.